The summed E-state index contributed by atoms with van der Waals surface area (Å²) in [5.41, 5.74) is -0.242. The lowest BCUT2D eigenvalue weighted by Crippen LogP contribution is -2.56. The van der Waals surface area contributed by atoms with Crippen molar-refractivity contribution in [3.05, 3.63) is 18.3 Å². The highest BCUT2D eigenvalue weighted by Gasteiger charge is 2.39. The van der Waals surface area contributed by atoms with Crippen molar-refractivity contribution in [2.75, 3.05) is 44.1 Å². The van der Waals surface area contributed by atoms with Crippen LogP contribution >= 0.6 is 0 Å². The third kappa shape index (κ3) is 3.20. The predicted molar refractivity (Wildman–Crippen MR) is 78.3 cm³/mol. The number of morpholine rings is 1. The normalized spacial score (nSPS) is 27.0. The van der Waals surface area contributed by atoms with Crippen LogP contribution in [0.5, 0.6) is 0 Å². The van der Waals surface area contributed by atoms with Gasteiger partial charge >= 0.3 is 0 Å². The highest BCUT2D eigenvalue weighted by Crippen LogP contribution is 2.29. The zero-order valence-electron chi connectivity index (χ0n) is 12.1. The van der Waals surface area contributed by atoms with Gasteiger partial charge in [-0.25, -0.2) is 13.4 Å². The number of sulfone groups is 1. The molecular formula is C14H20N2O4S. The molecule has 1 aromatic heterocycles. The minimum Gasteiger partial charge on any atom is -0.378 e. The van der Waals surface area contributed by atoms with E-state index in [2.05, 4.69) is 9.88 Å². The van der Waals surface area contributed by atoms with Gasteiger partial charge in [0.05, 0.1) is 24.7 Å². The van der Waals surface area contributed by atoms with Crippen LogP contribution in [0.25, 0.3) is 0 Å². The number of hydrogen-bond donors (Lipinski definition) is 0. The van der Waals surface area contributed by atoms with Gasteiger partial charge in [-0.1, -0.05) is 0 Å². The number of pyridine rings is 1. The van der Waals surface area contributed by atoms with Crippen LogP contribution in [-0.2, 0) is 19.3 Å². The summed E-state index contributed by atoms with van der Waals surface area (Å²) in [6, 6.07) is 3.37. The molecule has 2 aliphatic heterocycles. The van der Waals surface area contributed by atoms with Crippen LogP contribution in [-0.4, -0.2) is 58.2 Å². The fourth-order valence-corrected chi connectivity index (χ4v) is 3.44. The minimum absolute atomic E-state index is 0.242. The van der Waals surface area contributed by atoms with Crippen LogP contribution in [0.2, 0.25) is 0 Å². The van der Waals surface area contributed by atoms with Crippen molar-refractivity contribution in [3.8, 4) is 0 Å². The quantitative estimate of drug-likeness (QED) is 0.807. The van der Waals surface area contributed by atoms with E-state index in [1.54, 1.807) is 12.1 Å². The van der Waals surface area contributed by atoms with Gasteiger partial charge in [-0.15, -0.1) is 0 Å². The fourth-order valence-electron chi connectivity index (χ4n) is 2.88. The van der Waals surface area contributed by atoms with Gasteiger partial charge in [-0.3, -0.25) is 0 Å². The van der Waals surface area contributed by atoms with E-state index in [0.29, 0.717) is 13.2 Å². The first-order valence-corrected chi connectivity index (χ1v) is 9.01. The fraction of sp³-hybridized carbons (Fsp3) is 0.643. The van der Waals surface area contributed by atoms with Gasteiger partial charge in [0.2, 0.25) is 0 Å². The molecule has 0 N–H and O–H groups in total. The lowest BCUT2D eigenvalue weighted by Gasteiger charge is -2.45. The first kappa shape index (κ1) is 14.7. The Morgan fingerprint density at radius 3 is 2.81 bits per heavy atom. The summed E-state index contributed by atoms with van der Waals surface area (Å²) in [6.07, 6.45) is 4.61. The molecule has 0 aromatic carbocycles. The summed E-state index contributed by atoms with van der Waals surface area (Å²) in [4.78, 5) is 6.69. The summed E-state index contributed by atoms with van der Waals surface area (Å²) in [6.45, 7) is 3.54. The molecule has 21 heavy (non-hydrogen) atoms. The predicted octanol–water partition coefficient (Wildman–Crippen LogP) is 0.871. The molecule has 2 fully saturated rings. The second-order valence-corrected chi connectivity index (χ2v) is 7.75. The summed E-state index contributed by atoms with van der Waals surface area (Å²) in [7, 11) is -3.20. The van der Waals surface area contributed by atoms with Crippen LogP contribution in [0.1, 0.15) is 12.8 Å². The van der Waals surface area contributed by atoms with Crippen LogP contribution in [0.4, 0.5) is 5.82 Å². The Hall–Kier alpha value is -1.18. The van der Waals surface area contributed by atoms with Crippen LogP contribution in [0.3, 0.4) is 0 Å². The van der Waals surface area contributed by atoms with E-state index in [1.165, 1.54) is 12.5 Å². The molecular weight excluding hydrogens is 292 g/mol. The van der Waals surface area contributed by atoms with Crippen molar-refractivity contribution in [2.45, 2.75) is 23.3 Å². The van der Waals surface area contributed by atoms with Gasteiger partial charge < -0.3 is 14.4 Å². The average molecular weight is 312 g/mol. The maximum Gasteiger partial charge on any atom is 0.177 e. The second kappa shape index (κ2) is 5.55. The molecule has 0 aliphatic carbocycles. The lowest BCUT2D eigenvalue weighted by molar-refractivity contribution is -0.133. The molecule has 1 unspecified atom stereocenters. The van der Waals surface area contributed by atoms with E-state index in [4.69, 9.17) is 9.47 Å². The standard InChI is InChI=1S/C14H20N2O4S/c1-21(17,18)12-3-4-13(15-9-12)16-6-8-20-14(10-16)5-2-7-19-11-14/h3-4,9H,2,5-8,10-11H2,1H3. The van der Waals surface area contributed by atoms with E-state index < -0.39 is 9.84 Å². The number of aromatic nitrogens is 1. The Labute approximate surface area is 125 Å². The molecule has 7 heteroatoms. The average Bonchev–Trinajstić information content (AvgIpc) is 2.47. The highest BCUT2D eigenvalue weighted by atomic mass is 32.2. The van der Waals surface area contributed by atoms with E-state index in [1.807, 2.05) is 0 Å². The van der Waals surface area contributed by atoms with Gasteiger partial charge in [0.1, 0.15) is 11.4 Å². The van der Waals surface area contributed by atoms with E-state index in [-0.39, 0.29) is 10.5 Å². The monoisotopic (exact) mass is 312 g/mol. The first-order chi connectivity index (χ1) is 9.99. The third-order valence-electron chi connectivity index (χ3n) is 4.01. The number of rotatable bonds is 2. The van der Waals surface area contributed by atoms with Crippen LogP contribution in [0.15, 0.2) is 23.2 Å². The van der Waals surface area contributed by atoms with Crippen molar-refractivity contribution in [1.82, 2.24) is 4.98 Å². The van der Waals surface area contributed by atoms with Gasteiger partial charge in [0, 0.05) is 25.6 Å². The van der Waals surface area contributed by atoms with Crippen molar-refractivity contribution in [2.24, 2.45) is 0 Å². The van der Waals surface area contributed by atoms with Crippen LogP contribution < -0.4 is 4.90 Å². The Kier molecular flexibility index (Phi) is 3.90. The zero-order chi connectivity index (χ0) is 14.9. The first-order valence-electron chi connectivity index (χ1n) is 7.11. The number of hydrogen-bond acceptors (Lipinski definition) is 6. The van der Waals surface area contributed by atoms with E-state index in [0.717, 1.165) is 38.4 Å². The molecule has 2 saturated heterocycles. The SMILES string of the molecule is CS(=O)(=O)c1ccc(N2CCOC3(CCCOC3)C2)nc1. The molecule has 6 nitrogen and oxygen atoms in total. The largest absolute Gasteiger partial charge is 0.378 e. The van der Waals surface area contributed by atoms with Crippen molar-refractivity contribution in [3.63, 3.8) is 0 Å². The zero-order valence-corrected chi connectivity index (χ0v) is 12.9. The molecule has 0 bridgehead atoms. The van der Waals surface area contributed by atoms with Gasteiger partial charge in [-0.05, 0) is 25.0 Å². The smallest absolute Gasteiger partial charge is 0.177 e. The molecule has 0 amide bonds. The summed E-state index contributed by atoms with van der Waals surface area (Å²) >= 11 is 0. The Balaban J connectivity index is 1.77. The molecule has 0 saturated carbocycles. The molecule has 0 radical (unpaired) electrons. The molecule has 2 aliphatic rings. The molecule has 1 spiro atoms. The molecule has 116 valence electrons. The summed E-state index contributed by atoms with van der Waals surface area (Å²) in [5.74, 6) is 0.788. The molecule has 3 rings (SSSR count). The number of nitrogens with zero attached hydrogens (tertiary/aromatic N) is 2. The Morgan fingerprint density at radius 1 is 1.33 bits per heavy atom. The van der Waals surface area contributed by atoms with Gasteiger partial charge in [-0.2, -0.15) is 0 Å². The minimum atomic E-state index is -3.20. The molecule has 1 aromatic rings. The van der Waals surface area contributed by atoms with Gasteiger partial charge in [0.15, 0.2) is 9.84 Å². The maximum absolute atomic E-state index is 11.5. The maximum atomic E-state index is 11.5. The second-order valence-electron chi connectivity index (χ2n) is 5.73. The third-order valence-corrected chi connectivity index (χ3v) is 5.11. The Morgan fingerprint density at radius 2 is 2.19 bits per heavy atom. The molecule has 3 heterocycles. The van der Waals surface area contributed by atoms with E-state index in [9.17, 15) is 8.42 Å². The van der Waals surface area contributed by atoms with Crippen molar-refractivity contribution >= 4 is 15.7 Å². The van der Waals surface area contributed by atoms with Crippen molar-refractivity contribution in [1.29, 1.82) is 0 Å². The molecule has 1 atom stereocenters. The Bertz CT molecular complexity index is 588. The summed E-state index contributed by atoms with van der Waals surface area (Å²) in [5, 5.41) is 0. The lowest BCUT2D eigenvalue weighted by atomic mass is 9.94. The van der Waals surface area contributed by atoms with Gasteiger partial charge in [0.25, 0.3) is 0 Å². The topological polar surface area (TPSA) is 68.7 Å². The highest BCUT2D eigenvalue weighted by molar-refractivity contribution is 7.90. The summed E-state index contributed by atoms with van der Waals surface area (Å²) < 4.78 is 34.5. The number of anilines is 1. The van der Waals surface area contributed by atoms with Crippen molar-refractivity contribution < 1.29 is 17.9 Å². The van der Waals surface area contributed by atoms with Crippen LogP contribution in [0, 0.1) is 0 Å². The number of ether oxygens (including phenoxy) is 2. The van der Waals surface area contributed by atoms with E-state index >= 15 is 0 Å².